The van der Waals surface area contributed by atoms with Gasteiger partial charge >= 0.3 is 0 Å². The number of imide groups is 1. The first kappa shape index (κ1) is 38.2. The lowest BCUT2D eigenvalue weighted by atomic mass is 10.2. The van der Waals surface area contributed by atoms with Gasteiger partial charge in [0.2, 0.25) is 0 Å². The third kappa shape index (κ3) is 9.60. The van der Waals surface area contributed by atoms with Crippen molar-refractivity contribution in [3.8, 4) is 0 Å². The Morgan fingerprint density at radius 2 is 1.20 bits per heavy atom. The molecule has 0 spiro atoms. The number of aldehydes is 1. The van der Waals surface area contributed by atoms with E-state index in [2.05, 4.69) is 39.6 Å². The standard InChI is InChI=1S/C21H18N2O2S2.C15H11NOS.C8H7NS/c1-13(2)23-20(24)18(27-21(23)25)11-14-7-9-16(10-8-14)26-19-12-15-5-3-4-6-17(15)22-19;17-10-11-5-7-13(8-6-11)18-15-9-12-3-1-2-4-14(12)16-15;10-8-5-6-3-1-2-4-7(6)9-8/h3-11,13H,12H2,1-2H3;1-8,10H,9H2;1-4H,5H2,(H,9,10)/b18-11-;;. The van der Waals surface area contributed by atoms with Crippen LogP contribution >= 0.6 is 47.5 Å². The number of rotatable bonds is 5. The molecule has 0 atom stereocenters. The largest absolute Gasteiger partial charge is 0.350 e. The van der Waals surface area contributed by atoms with Gasteiger partial charge in [0.1, 0.15) is 6.29 Å². The van der Waals surface area contributed by atoms with E-state index in [1.807, 2.05) is 111 Å². The van der Waals surface area contributed by atoms with Gasteiger partial charge in [0.15, 0.2) is 0 Å². The Morgan fingerprint density at radius 3 is 1.69 bits per heavy atom. The zero-order valence-electron chi connectivity index (χ0n) is 30.1. The highest BCUT2D eigenvalue weighted by molar-refractivity contribution is 8.18. The lowest BCUT2D eigenvalue weighted by molar-refractivity contribution is -0.123. The maximum atomic E-state index is 12.4. The van der Waals surface area contributed by atoms with Crippen LogP contribution in [0, 0.1) is 0 Å². The Balaban J connectivity index is 0.000000142. The van der Waals surface area contributed by atoms with E-state index in [0.29, 0.717) is 10.5 Å². The van der Waals surface area contributed by atoms with Crippen molar-refractivity contribution in [3.05, 3.63) is 154 Å². The van der Waals surface area contributed by atoms with Crippen LogP contribution in [0.3, 0.4) is 0 Å². The fraction of sp³-hybridized carbons (Fsp3) is 0.136. The summed E-state index contributed by atoms with van der Waals surface area (Å²) in [4.78, 5) is 49.1. The summed E-state index contributed by atoms with van der Waals surface area (Å²) in [7, 11) is 0. The summed E-state index contributed by atoms with van der Waals surface area (Å²) in [6.45, 7) is 3.69. The van der Waals surface area contributed by atoms with E-state index in [9.17, 15) is 14.4 Å². The molecule has 0 bridgehead atoms. The molecular weight excluding hydrogens is 761 g/mol. The van der Waals surface area contributed by atoms with Crippen LogP contribution in [0.25, 0.3) is 6.08 Å². The van der Waals surface area contributed by atoms with Crippen LogP contribution in [0.5, 0.6) is 0 Å². The molecule has 0 radical (unpaired) electrons. The lowest BCUT2D eigenvalue weighted by Crippen LogP contribution is -2.34. The SMILES string of the molecule is CC(C)N1C(=O)S/C(=C\c2ccc(SC3=Nc4ccccc4C3)cc2)C1=O.O=Cc1ccc(SC2=Nc3ccccc3C2)cc1.S=C1Cc2ccccc2N1. The van der Waals surface area contributed by atoms with E-state index in [0.717, 1.165) is 79.1 Å². The van der Waals surface area contributed by atoms with Gasteiger partial charge < -0.3 is 5.32 Å². The first-order valence-electron chi connectivity index (χ1n) is 17.7. The molecule has 11 heteroatoms. The van der Waals surface area contributed by atoms with Crippen molar-refractivity contribution in [1.29, 1.82) is 0 Å². The normalized spacial score (nSPS) is 15.7. The number of hydrogen-bond donors (Lipinski definition) is 1. The molecule has 7 nitrogen and oxygen atoms in total. The Bertz CT molecular complexity index is 2340. The van der Waals surface area contributed by atoms with Crippen molar-refractivity contribution in [2.24, 2.45) is 9.98 Å². The van der Waals surface area contributed by atoms with Gasteiger partial charge in [0.25, 0.3) is 11.1 Å². The van der Waals surface area contributed by atoms with E-state index < -0.39 is 0 Å². The van der Waals surface area contributed by atoms with Crippen molar-refractivity contribution < 1.29 is 14.4 Å². The van der Waals surface area contributed by atoms with Crippen molar-refractivity contribution in [1.82, 2.24) is 4.90 Å². The predicted octanol–water partition coefficient (Wildman–Crippen LogP) is 11.4. The van der Waals surface area contributed by atoms with Crippen LogP contribution in [0.15, 0.2) is 146 Å². The van der Waals surface area contributed by atoms with E-state index in [-0.39, 0.29) is 17.2 Å². The number of fused-ring (bicyclic) bond motifs is 3. The van der Waals surface area contributed by atoms with Crippen LogP contribution in [0.4, 0.5) is 21.9 Å². The van der Waals surface area contributed by atoms with Crippen molar-refractivity contribution in [2.75, 3.05) is 5.32 Å². The summed E-state index contributed by atoms with van der Waals surface area (Å²) in [6, 6.07) is 40.0. The number of hydrogen-bond acceptors (Lipinski definition) is 9. The number of carbonyl (C=O) groups is 3. The molecule has 0 saturated carbocycles. The average Bonchev–Trinajstić information content (AvgIpc) is 3.96. The zero-order chi connectivity index (χ0) is 38.3. The fourth-order valence-corrected chi connectivity index (χ4v) is 9.15. The molecule has 4 heterocycles. The Morgan fingerprint density at radius 1 is 0.691 bits per heavy atom. The fourth-order valence-electron chi connectivity index (χ4n) is 6.09. The minimum atomic E-state index is -0.212. The molecule has 1 fully saturated rings. The molecular formula is C44H36N4O3S4. The summed E-state index contributed by atoms with van der Waals surface area (Å²) in [5, 5.41) is 5.12. The highest BCUT2D eigenvalue weighted by Gasteiger charge is 2.36. The molecule has 55 heavy (non-hydrogen) atoms. The second-order valence-electron chi connectivity index (χ2n) is 13.1. The maximum absolute atomic E-state index is 12.4. The number of benzene rings is 5. The van der Waals surface area contributed by atoms with Gasteiger partial charge in [-0.3, -0.25) is 19.3 Å². The van der Waals surface area contributed by atoms with E-state index >= 15 is 0 Å². The number of nitrogens with zero attached hydrogens (tertiary/aromatic N) is 3. The molecule has 1 saturated heterocycles. The number of nitrogens with one attached hydrogen (secondary N) is 1. The molecule has 5 aromatic carbocycles. The van der Waals surface area contributed by atoms with Gasteiger partial charge in [-0.05, 0) is 96.4 Å². The minimum Gasteiger partial charge on any atom is -0.350 e. The molecule has 0 aliphatic carbocycles. The van der Waals surface area contributed by atoms with E-state index in [4.69, 9.17) is 12.2 Å². The van der Waals surface area contributed by atoms with Crippen LogP contribution in [-0.2, 0) is 24.1 Å². The molecule has 4 aliphatic heterocycles. The summed E-state index contributed by atoms with van der Waals surface area (Å²) in [5.41, 5.74) is 8.77. The summed E-state index contributed by atoms with van der Waals surface area (Å²) < 4.78 is 0. The molecule has 0 unspecified atom stereocenters. The number of para-hydroxylation sites is 3. The number of anilines is 1. The molecule has 274 valence electrons. The molecule has 5 aromatic rings. The van der Waals surface area contributed by atoms with Gasteiger partial charge in [0.05, 0.1) is 31.4 Å². The predicted molar refractivity (Wildman–Crippen MR) is 234 cm³/mol. The summed E-state index contributed by atoms with van der Waals surface area (Å²) in [6.07, 6.45) is 5.31. The van der Waals surface area contributed by atoms with Gasteiger partial charge in [-0.15, -0.1) is 0 Å². The van der Waals surface area contributed by atoms with Gasteiger partial charge in [0, 0.05) is 46.3 Å². The second kappa shape index (κ2) is 17.6. The Labute approximate surface area is 338 Å². The number of amides is 2. The minimum absolute atomic E-state index is 0.126. The van der Waals surface area contributed by atoms with Gasteiger partial charge in [-0.2, -0.15) is 0 Å². The third-order valence-electron chi connectivity index (χ3n) is 8.80. The van der Waals surface area contributed by atoms with E-state index in [1.165, 1.54) is 27.3 Å². The quantitative estimate of drug-likeness (QED) is 0.107. The van der Waals surface area contributed by atoms with Crippen molar-refractivity contribution >= 4 is 103 Å². The van der Waals surface area contributed by atoms with Crippen LogP contribution < -0.4 is 5.32 Å². The molecule has 9 rings (SSSR count). The molecule has 0 aromatic heterocycles. The zero-order valence-corrected chi connectivity index (χ0v) is 33.4. The summed E-state index contributed by atoms with van der Waals surface area (Å²) >= 11 is 9.34. The Kier molecular flexibility index (Phi) is 12.2. The van der Waals surface area contributed by atoms with Crippen LogP contribution in [0.2, 0.25) is 0 Å². The third-order valence-corrected chi connectivity index (χ3v) is 11.9. The topological polar surface area (TPSA) is 91.2 Å². The maximum Gasteiger partial charge on any atom is 0.293 e. The van der Waals surface area contributed by atoms with Gasteiger partial charge in [-0.25, -0.2) is 9.98 Å². The molecule has 2 amide bonds. The van der Waals surface area contributed by atoms with Gasteiger partial charge in [-0.1, -0.05) is 115 Å². The number of aliphatic imine (C=N–C) groups is 2. The van der Waals surface area contributed by atoms with Crippen LogP contribution in [-0.4, -0.2) is 43.5 Å². The Hall–Kier alpha value is -5.07. The summed E-state index contributed by atoms with van der Waals surface area (Å²) in [5.74, 6) is -0.212. The number of carbonyl (C=O) groups excluding carboxylic acids is 3. The van der Waals surface area contributed by atoms with E-state index in [1.54, 1.807) is 29.6 Å². The lowest BCUT2D eigenvalue weighted by Gasteiger charge is -2.16. The van der Waals surface area contributed by atoms with Crippen molar-refractivity contribution in [2.45, 2.75) is 48.9 Å². The first-order valence-corrected chi connectivity index (χ1v) is 20.5. The first-order chi connectivity index (χ1) is 26.7. The smallest absolute Gasteiger partial charge is 0.293 e. The van der Waals surface area contributed by atoms with Crippen LogP contribution in [0.1, 0.15) is 46.5 Å². The molecule has 4 aliphatic rings. The monoisotopic (exact) mass is 796 g/mol. The number of thioether (sulfide) groups is 3. The number of thiocarbonyl (C=S) groups is 1. The average molecular weight is 797 g/mol. The highest BCUT2D eigenvalue weighted by atomic mass is 32.2. The molecule has 1 N–H and O–H groups in total. The highest BCUT2D eigenvalue weighted by Crippen LogP contribution is 2.36. The second-order valence-corrected chi connectivity index (χ2v) is 16.9. The van der Waals surface area contributed by atoms with Crippen molar-refractivity contribution in [3.63, 3.8) is 0 Å².